The molecule has 2 heterocycles. The van der Waals surface area contributed by atoms with E-state index in [0.29, 0.717) is 48.1 Å². The van der Waals surface area contributed by atoms with E-state index in [1.54, 1.807) is 56.7 Å². The van der Waals surface area contributed by atoms with Crippen LogP contribution in [0.2, 0.25) is 0 Å². The Labute approximate surface area is 228 Å². The van der Waals surface area contributed by atoms with Crippen LogP contribution >= 0.6 is 0 Å². The van der Waals surface area contributed by atoms with Crippen molar-refractivity contribution in [3.05, 3.63) is 95.1 Å². The van der Waals surface area contributed by atoms with Gasteiger partial charge in [0.25, 0.3) is 5.91 Å². The second-order valence-electron chi connectivity index (χ2n) is 9.57. The minimum Gasteiger partial charge on any atom is -0.493 e. The van der Waals surface area contributed by atoms with Crippen molar-refractivity contribution in [3.63, 3.8) is 0 Å². The number of carbonyl (C=O) groups is 2. The van der Waals surface area contributed by atoms with Crippen molar-refractivity contribution in [1.82, 2.24) is 9.80 Å². The standard InChI is InChI=1S/C31H32N2O6/c1-36-27-17-23(18-28(37-2)29(27)38-3)9-14-26(34)24-10-12-25(13-11-24)30(35)33-16-15-32(31(33)20-39-21-31)19-22-7-5-4-6-8-22/h4-14,17-18H,15-16,19-21H2,1-3H3/b14-9+. The number of ether oxygens (including phenoxy) is 4. The molecule has 0 unspecified atom stereocenters. The molecule has 0 atom stereocenters. The summed E-state index contributed by atoms with van der Waals surface area (Å²) in [6, 6.07) is 20.6. The van der Waals surface area contributed by atoms with Gasteiger partial charge >= 0.3 is 0 Å². The van der Waals surface area contributed by atoms with Crippen molar-refractivity contribution in [1.29, 1.82) is 0 Å². The van der Waals surface area contributed by atoms with E-state index in [9.17, 15) is 9.59 Å². The number of carbonyl (C=O) groups excluding carboxylic acids is 2. The van der Waals surface area contributed by atoms with Crippen LogP contribution in [-0.2, 0) is 11.3 Å². The lowest BCUT2D eigenvalue weighted by atomic mass is 10.0. The predicted octanol–water partition coefficient (Wildman–Crippen LogP) is 4.29. The van der Waals surface area contributed by atoms with Gasteiger partial charge in [-0.3, -0.25) is 14.5 Å². The molecule has 3 aromatic rings. The number of allylic oxidation sites excluding steroid dienone is 1. The van der Waals surface area contributed by atoms with Crippen molar-refractivity contribution in [2.75, 3.05) is 47.6 Å². The van der Waals surface area contributed by atoms with E-state index in [-0.39, 0.29) is 11.7 Å². The summed E-state index contributed by atoms with van der Waals surface area (Å²) >= 11 is 0. The molecule has 8 nitrogen and oxygen atoms in total. The summed E-state index contributed by atoms with van der Waals surface area (Å²) in [6.45, 7) is 3.17. The Kier molecular flexibility index (Phi) is 7.67. The third-order valence-electron chi connectivity index (χ3n) is 7.34. The molecule has 1 spiro atoms. The largest absolute Gasteiger partial charge is 0.493 e. The zero-order valence-electron chi connectivity index (χ0n) is 22.4. The average Bonchev–Trinajstić information content (AvgIpc) is 3.35. The molecule has 2 aliphatic heterocycles. The first-order chi connectivity index (χ1) is 19.0. The van der Waals surface area contributed by atoms with E-state index in [2.05, 4.69) is 17.0 Å². The fraction of sp³-hybridized carbons (Fsp3) is 0.290. The third-order valence-corrected chi connectivity index (χ3v) is 7.34. The maximum Gasteiger partial charge on any atom is 0.255 e. The summed E-state index contributed by atoms with van der Waals surface area (Å²) < 4.78 is 21.7. The van der Waals surface area contributed by atoms with Gasteiger partial charge in [0.15, 0.2) is 17.3 Å². The van der Waals surface area contributed by atoms with E-state index in [0.717, 1.165) is 18.7 Å². The number of rotatable bonds is 9. The zero-order chi connectivity index (χ0) is 27.4. The summed E-state index contributed by atoms with van der Waals surface area (Å²) in [5, 5.41) is 0. The smallest absolute Gasteiger partial charge is 0.255 e. The molecule has 0 aliphatic carbocycles. The Hall–Kier alpha value is -4.14. The van der Waals surface area contributed by atoms with Gasteiger partial charge in [-0.2, -0.15) is 0 Å². The maximum absolute atomic E-state index is 13.5. The topological polar surface area (TPSA) is 77.5 Å². The van der Waals surface area contributed by atoms with Gasteiger partial charge in [-0.1, -0.05) is 48.5 Å². The highest BCUT2D eigenvalue weighted by Crippen LogP contribution is 2.39. The van der Waals surface area contributed by atoms with Crippen molar-refractivity contribution in [2.24, 2.45) is 0 Å². The lowest BCUT2D eigenvalue weighted by molar-refractivity contribution is -0.176. The fourth-order valence-electron chi connectivity index (χ4n) is 5.15. The Bertz CT molecular complexity index is 1340. The lowest BCUT2D eigenvalue weighted by Gasteiger charge is -2.49. The van der Waals surface area contributed by atoms with Gasteiger partial charge in [-0.05, 0) is 41.5 Å². The maximum atomic E-state index is 13.5. The van der Waals surface area contributed by atoms with Crippen LogP contribution < -0.4 is 14.2 Å². The monoisotopic (exact) mass is 528 g/mol. The first kappa shape index (κ1) is 26.5. The molecule has 2 aliphatic rings. The molecular formula is C31H32N2O6. The number of hydrogen-bond acceptors (Lipinski definition) is 7. The number of amides is 1. The second kappa shape index (κ2) is 11.3. The lowest BCUT2D eigenvalue weighted by Crippen LogP contribution is -2.67. The molecule has 1 amide bonds. The third kappa shape index (κ3) is 5.13. The minimum absolute atomic E-state index is 0.0548. The van der Waals surface area contributed by atoms with Crippen molar-refractivity contribution < 1.29 is 28.5 Å². The molecule has 0 aromatic heterocycles. The van der Waals surface area contributed by atoms with E-state index in [4.69, 9.17) is 18.9 Å². The first-order valence-corrected chi connectivity index (χ1v) is 12.8. The Balaban J connectivity index is 1.28. The number of benzene rings is 3. The summed E-state index contributed by atoms with van der Waals surface area (Å²) in [4.78, 5) is 30.6. The minimum atomic E-state index is -0.426. The molecule has 0 radical (unpaired) electrons. The van der Waals surface area contributed by atoms with Crippen LogP contribution in [0.4, 0.5) is 0 Å². The Morgan fingerprint density at radius 1 is 0.872 bits per heavy atom. The van der Waals surface area contributed by atoms with Crippen LogP contribution in [-0.4, -0.2) is 74.8 Å². The molecule has 2 fully saturated rings. The van der Waals surface area contributed by atoms with E-state index >= 15 is 0 Å². The number of nitrogens with zero attached hydrogens (tertiary/aromatic N) is 2. The fourth-order valence-corrected chi connectivity index (χ4v) is 5.15. The molecule has 2 saturated heterocycles. The van der Waals surface area contributed by atoms with E-state index in [1.807, 2.05) is 23.1 Å². The molecule has 0 bridgehead atoms. The van der Waals surface area contributed by atoms with Crippen LogP contribution in [0.3, 0.4) is 0 Å². The highest BCUT2D eigenvalue weighted by Gasteiger charge is 2.54. The Morgan fingerprint density at radius 2 is 1.51 bits per heavy atom. The summed E-state index contributed by atoms with van der Waals surface area (Å²) in [5.74, 6) is 1.26. The first-order valence-electron chi connectivity index (χ1n) is 12.8. The zero-order valence-corrected chi connectivity index (χ0v) is 22.4. The van der Waals surface area contributed by atoms with Crippen molar-refractivity contribution in [3.8, 4) is 17.2 Å². The number of methoxy groups -OCH3 is 3. The summed E-state index contributed by atoms with van der Waals surface area (Å²) in [6.07, 6.45) is 3.18. The van der Waals surface area contributed by atoms with Gasteiger partial charge in [-0.15, -0.1) is 0 Å². The van der Waals surface area contributed by atoms with Crippen LogP contribution in [0.1, 0.15) is 31.8 Å². The van der Waals surface area contributed by atoms with Crippen LogP contribution in [0, 0.1) is 0 Å². The quantitative estimate of drug-likeness (QED) is 0.303. The van der Waals surface area contributed by atoms with Gasteiger partial charge in [0, 0.05) is 30.8 Å². The molecule has 0 N–H and O–H groups in total. The van der Waals surface area contributed by atoms with Crippen LogP contribution in [0.25, 0.3) is 6.08 Å². The average molecular weight is 529 g/mol. The molecule has 3 aromatic carbocycles. The summed E-state index contributed by atoms with van der Waals surface area (Å²) in [5.41, 5.74) is 2.55. The van der Waals surface area contributed by atoms with E-state index < -0.39 is 5.66 Å². The highest BCUT2D eigenvalue weighted by molar-refractivity contribution is 6.07. The Morgan fingerprint density at radius 3 is 2.08 bits per heavy atom. The van der Waals surface area contributed by atoms with Crippen LogP contribution in [0.15, 0.2) is 72.8 Å². The van der Waals surface area contributed by atoms with Gasteiger partial charge in [0.05, 0.1) is 34.5 Å². The summed E-state index contributed by atoms with van der Waals surface area (Å²) in [7, 11) is 4.63. The van der Waals surface area contributed by atoms with Crippen molar-refractivity contribution in [2.45, 2.75) is 12.2 Å². The molecule has 5 rings (SSSR count). The second-order valence-corrected chi connectivity index (χ2v) is 9.57. The molecule has 0 saturated carbocycles. The van der Waals surface area contributed by atoms with Crippen molar-refractivity contribution >= 4 is 17.8 Å². The number of ketones is 1. The van der Waals surface area contributed by atoms with Gasteiger partial charge in [-0.25, -0.2) is 0 Å². The van der Waals surface area contributed by atoms with Gasteiger partial charge in [0.2, 0.25) is 5.75 Å². The molecule has 202 valence electrons. The molecular weight excluding hydrogens is 496 g/mol. The predicted molar refractivity (Wildman–Crippen MR) is 147 cm³/mol. The van der Waals surface area contributed by atoms with Gasteiger partial charge < -0.3 is 23.8 Å². The SMILES string of the molecule is COc1cc(/C=C/C(=O)c2ccc(C(=O)N3CCN(Cc4ccccc4)C34COC4)cc2)cc(OC)c1OC. The highest BCUT2D eigenvalue weighted by atomic mass is 16.5. The molecule has 39 heavy (non-hydrogen) atoms. The van der Waals surface area contributed by atoms with Gasteiger partial charge in [0.1, 0.15) is 5.66 Å². The van der Waals surface area contributed by atoms with E-state index in [1.165, 1.54) is 18.7 Å². The number of hydrogen-bond donors (Lipinski definition) is 0. The van der Waals surface area contributed by atoms with Crippen LogP contribution in [0.5, 0.6) is 17.2 Å². The molecule has 8 heteroatoms. The normalized spacial score (nSPS) is 16.3.